The fourth-order valence-electron chi connectivity index (χ4n) is 4.50. The maximum Gasteiger partial charge on any atom is 0.251 e. The van der Waals surface area contributed by atoms with Gasteiger partial charge in [0.1, 0.15) is 0 Å². The summed E-state index contributed by atoms with van der Waals surface area (Å²) in [6.45, 7) is 1.25. The van der Waals surface area contributed by atoms with Crippen LogP contribution in [0.15, 0.2) is 71.6 Å². The molecule has 170 valence electrons. The summed E-state index contributed by atoms with van der Waals surface area (Å²) < 4.78 is 27.3. The van der Waals surface area contributed by atoms with Crippen LogP contribution in [0.5, 0.6) is 0 Å². The quantitative estimate of drug-likeness (QED) is 0.533. The van der Waals surface area contributed by atoms with E-state index in [0.717, 1.165) is 10.8 Å². The first kappa shape index (κ1) is 22.0. The van der Waals surface area contributed by atoms with E-state index < -0.39 is 16.1 Å². The molecule has 0 aliphatic carbocycles. The van der Waals surface area contributed by atoms with Gasteiger partial charge in [0.15, 0.2) is 0 Å². The molecule has 2 aliphatic rings. The number of halogens is 1. The van der Waals surface area contributed by atoms with Crippen LogP contribution in [0, 0.1) is 0 Å². The molecule has 2 heterocycles. The molecule has 9 heteroatoms. The molecule has 5 rings (SSSR count). The average Bonchev–Trinajstić information content (AvgIpc) is 3.13. The maximum atomic E-state index is 13.2. The van der Waals surface area contributed by atoms with Crippen molar-refractivity contribution in [3.63, 3.8) is 0 Å². The van der Waals surface area contributed by atoms with Crippen LogP contribution < -0.4 is 4.90 Å². The Balaban J connectivity index is 1.29. The van der Waals surface area contributed by atoms with Gasteiger partial charge in [-0.2, -0.15) is 4.31 Å². The second kappa shape index (κ2) is 8.53. The topological polar surface area (TPSA) is 78.0 Å². The molecule has 1 atom stereocenters. The number of piperazine rings is 1. The van der Waals surface area contributed by atoms with Crippen molar-refractivity contribution in [1.82, 2.24) is 9.21 Å². The molecule has 2 amide bonds. The zero-order valence-corrected chi connectivity index (χ0v) is 19.3. The van der Waals surface area contributed by atoms with Crippen molar-refractivity contribution in [2.75, 3.05) is 31.1 Å². The summed E-state index contributed by atoms with van der Waals surface area (Å²) in [5, 5.41) is 2.47. The van der Waals surface area contributed by atoms with Crippen LogP contribution >= 0.6 is 11.6 Å². The number of sulfonamides is 1. The highest BCUT2D eigenvalue weighted by molar-refractivity contribution is 7.89. The molecular formula is C24H22ClN3O4S. The number of carbonyl (C=O) groups excluding carboxylic acids is 2. The van der Waals surface area contributed by atoms with Crippen molar-refractivity contribution in [3.8, 4) is 0 Å². The van der Waals surface area contributed by atoms with Crippen LogP contribution in [-0.4, -0.2) is 61.7 Å². The Hall–Kier alpha value is -2.78. The minimum Gasteiger partial charge on any atom is -0.289 e. The van der Waals surface area contributed by atoms with Crippen molar-refractivity contribution in [1.29, 1.82) is 0 Å². The molecule has 0 aromatic heterocycles. The predicted molar refractivity (Wildman–Crippen MR) is 127 cm³/mol. The number of amides is 2. The minimum atomic E-state index is -3.64. The molecule has 2 saturated heterocycles. The summed E-state index contributed by atoms with van der Waals surface area (Å²) in [4.78, 5) is 29.3. The van der Waals surface area contributed by atoms with Gasteiger partial charge in [0, 0.05) is 31.2 Å². The van der Waals surface area contributed by atoms with Crippen LogP contribution in [0.1, 0.15) is 6.42 Å². The van der Waals surface area contributed by atoms with Gasteiger partial charge in [0.05, 0.1) is 23.0 Å². The Morgan fingerprint density at radius 1 is 0.818 bits per heavy atom. The molecule has 33 heavy (non-hydrogen) atoms. The first-order chi connectivity index (χ1) is 15.8. The number of anilines is 1. The Morgan fingerprint density at radius 3 is 2.18 bits per heavy atom. The lowest BCUT2D eigenvalue weighted by Crippen LogP contribution is -2.53. The Bertz CT molecular complexity index is 1340. The molecule has 1 unspecified atom stereocenters. The SMILES string of the molecule is O=C1CC(N2CCN(S(=O)(=O)c3ccc(Cl)cc3)CC2)C(=O)N1c1ccc2ccccc2c1. The second-order valence-corrected chi connectivity index (χ2v) is 10.6. The molecule has 7 nitrogen and oxygen atoms in total. The molecule has 2 fully saturated rings. The third-order valence-electron chi connectivity index (χ3n) is 6.28. The van der Waals surface area contributed by atoms with Gasteiger partial charge in [-0.3, -0.25) is 14.5 Å². The summed E-state index contributed by atoms with van der Waals surface area (Å²) in [6.07, 6.45) is 0.0929. The first-order valence-electron chi connectivity index (χ1n) is 10.7. The van der Waals surface area contributed by atoms with E-state index in [1.54, 1.807) is 18.2 Å². The van der Waals surface area contributed by atoms with Crippen molar-refractivity contribution in [3.05, 3.63) is 71.8 Å². The van der Waals surface area contributed by atoms with Gasteiger partial charge in [-0.05, 0) is 47.2 Å². The Morgan fingerprint density at radius 2 is 1.48 bits per heavy atom. The summed E-state index contributed by atoms with van der Waals surface area (Å²) >= 11 is 5.87. The van der Waals surface area contributed by atoms with E-state index in [2.05, 4.69) is 0 Å². The first-order valence-corrected chi connectivity index (χ1v) is 12.5. The lowest BCUT2D eigenvalue weighted by Gasteiger charge is -2.36. The molecule has 0 saturated carbocycles. The number of carbonyl (C=O) groups is 2. The van der Waals surface area contributed by atoms with Gasteiger partial charge in [0.25, 0.3) is 5.91 Å². The van der Waals surface area contributed by atoms with Gasteiger partial charge in [-0.25, -0.2) is 13.3 Å². The normalized spacial score (nSPS) is 20.6. The van der Waals surface area contributed by atoms with Crippen molar-refractivity contribution in [2.24, 2.45) is 0 Å². The summed E-state index contributed by atoms with van der Waals surface area (Å²) in [6, 6.07) is 18.8. The molecular weight excluding hydrogens is 462 g/mol. The van der Waals surface area contributed by atoms with Crippen molar-refractivity contribution >= 4 is 49.9 Å². The van der Waals surface area contributed by atoms with Gasteiger partial charge in [0.2, 0.25) is 15.9 Å². The standard InChI is InChI=1S/C24H22ClN3O4S/c25-19-6-9-21(10-7-19)33(31,32)27-13-11-26(12-14-27)22-16-23(29)28(24(22)30)20-8-5-17-3-1-2-4-18(17)15-20/h1-10,15,22H,11-14,16H2. The predicted octanol–water partition coefficient (Wildman–Crippen LogP) is 3.13. The zero-order chi connectivity index (χ0) is 23.2. The lowest BCUT2D eigenvalue weighted by atomic mass is 10.1. The lowest BCUT2D eigenvalue weighted by molar-refractivity contribution is -0.123. The number of benzene rings is 3. The zero-order valence-electron chi connectivity index (χ0n) is 17.7. The molecule has 0 bridgehead atoms. The summed E-state index contributed by atoms with van der Waals surface area (Å²) in [5.74, 6) is -0.499. The molecule has 2 aliphatic heterocycles. The van der Waals surface area contributed by atoms with E-state index in [4.69, 9.17) is 11.6 Å². The van der Waals surface area contributed by atoms with Crippen LogP contribution in [-0.2, 0) is 19.6 Å². The smallest absolute Gasteiger partial charge is 0.251 e. The molecule has 0 spiro atoms. The molecule has 0 N–H and O–H groups in total. The highest BCUT2D eigenvalue weighted by atomic mass is 35.5. The van der Waals surface area contributed by atoms with Crippen LogP contribution in [0.2, 0.25) is 5.02 Å². The number of rotatable bonds is 4. The molecule has 0 radical (unpaired) electrons. The Labute approximate surface area is 197 Å². The van der Waals surface area contributed by atoms with Crippen LogP contribution in [0.4, 0.5) is 5.69 Å². The minimum absolute atomic E-state index is 0.0929. The van der Waals surface area contributed by atoms with E-state index in [1.807, 2.05) is 41.3 Å². The van der Waals surface area contributed by atoms with Crippen molar-refractivity contribution in [2.45, 2.75) is 17.4 Å². The number of hydrogen-bond donors (Lipinski definition) is 0. The average molecular weight is 484 g/mol. The molecule has 3 aromatic carbocycles. The maximum absolute atomic E-state index is 13.2. The third kappa shape index (κ3) is 4.04. The van der Waals surface area contributed by atoms with Gasteiger partial charge in [-0.15, -0.1) is 0 Å². The summed E-state index contributed by atoms with van der Waals surface area (Å²) in [5.41, 5.74) is 0.565. The number of fused-ring (bicyclic) bond motifs is 1. The fraction of sp³-hybridized carbons (Fsp3) is 0.250. The highest BCUT2D eigenvalue weighted by Gasteiger charge is 2.44. The van der Waals surface area contributed by atoms with E-state index in [0.29, 0.717) is 23.8 Å². The monoisotopic (exact) mass is 483 g/mol. The number of imide groups is 1. The summed E-state index contributed by atoms with van der Waals surface area (Å²) in [7, 11) is -3.64. The van der Waals surface area contributed by atoms with Crippen LogP contribution in [0.3, 0.4) is 0 Å². The van der Waals surface area contributed by atoms with Crippen molar-refractivity contribution < 1.29 is 18.0 Å². The van der Waals surface area contributed by atoms with E-state index >= 15 is 0 Å². The third-order valence-corrected chi connectivity index (χ3v) is 8.44. The number of nitrogens with zero attached hydrogens (tertiary/aromatic N) is 3. The van der Waals surface area contributed by atoms with E-state index in [-0.39, 0.29) is 36.2 Å². The highest BCUT2D eigenvalue weighted by Crippen LogP contribution is 2.29. The van der Waals surface area contributed by atoms with E-state index in [1.165, 1.54) is 21.3 Å². The van der Waals surface area contributed by atoms with Gasteiger partial charge < -0.3 is 0 Å². The van der Waals surface area contributed by atoms with E-state index in [9.17, 15) is 18.0 Å². The molecule has 3 aromatic rings. The Kier molecular flexibility index (Phi) is 5.70. The largest absolute Gasteiger partial charge is 0.289 e. The second-order valence-electron chi connectivity index (χ2n) is 8.21. The van der Waals surface area contributed by atoms with Gasteiger partial charge in [-0.1, -0.05) is 41.9 Å². The van der Waals surface area contributed by atoms with Crippen LogP contribution in [0.25, 0.3) is 10.8 Å². The fourth-order valence-corrected chi connectivity index (χ4v) is 6.05. The number of hydrogen-bond acceptors (Lipinski definition) is 5. The van der Waals surface area contributed by atoms with Gasteiger partial charge >= 0.3 is 0 Å².